The number of anilines is 4. The molecule has 5 N–H and O–H groups in total. The van der Waals surface area contributed by atoms with E-state index in [0.717, 1.165) is 5.56 Å². The molecule has 5 rings (SSSR count). The van der Waals surface area contributed by atoms with Crippen molar-refractivity contribution >= 4 is 81.0 Å². The third-order valence-electron chi connectivity index (χ3n) is 7.22. The minimum Gasteiger partial charge on any atom is -0.454 e. The van der Waals surface area contributed by atoms with Gasteiger partial charge in [-0.3, -0.25) is 19.2 Å². The van der Waals surface area contributed by atoms with Gasteiger partial charge in [-0.05, 0) is 84.6 Å². The van der Waals surface area contributed by atoms with Gasteiger partial charge in [0.05, 0.1) is 5.54 Å². The molecule has 0 radical (unpaired) electrons. The van der Waals surface area contributed by atoms with Crippen molar-refractivity contribution in [3.8, 4) is 6.01 Å². The van der Waals surface area contributed by atoms with Gasteiger partial charge < -0.3 is 31.3 Å². The molecule has 1 aliphatic carbocycles. The summed E-state index contributed by atoms with van der Waals surface area (Å²) in [6.45, 7) is -2.13. The van der Waals surface area contributed by atoms with Gasteiger partial charge in [0.1, 0.15) is 6.04 Å². The molecule has 1 aromatic heterocycles. The number of nitrogens with one attached hydrogen (secondary N) is 5. The number of hydrogen-bond acceptors (Lipinski definition) is 10. The third-order valence-corrected chi connectivity index (χ3v) is 7.97. The molecule has 1 heterocycles. The summed E-state index contributed by atoms with van der Waals surface area (Å²) < 4.78 is 43.5. The molecule has 0 spiro atoms. The predicted octanol–water partition coefficient (Wildman–Crippen LogP) is 5.58. The summed E-state index contributed by atoms with van der Waals surface area (Å²) in [5.74, 6) is -3.08. The van der Waals surface area contributed by atoms with Crippen molar-refractivity contribution in [1.82, 2.24) is 25.6 Å². The number of hydrogen-bond donors (Lipinski definition) is 5. The van der Waals surface area contributed by atoms with Crippen molar-refractivity contribution in [1.29, 1.82) is 0 Å². The van der Waals surface area contributed by atoms with Crippen LogP contribution in [0.3, 0.4) is 0 Å². The monoisotopic (exact) mass is 764 g/mol. The van der Waals surface area contributed by atoms with Crippen LogP contribution in [0.1, 0.15) is 28.8 Å². The molecule has 266 valence electrons. The van der Waals surface area contributed by atoms with Crippen LogP contribution < -0.4 is 31.3 Å². The maximum atomic E-state index is 12.9. The van der Waals surface area contributed by atoms with Gasteiger partial charge in [0, 0.05) is 33.5 Å². The number of ether oxygens (including phenoxy) is 1. The van der Waals surface area contributed by atoms with E-state index in [9.17, 15) is 32.3 Å². The van der Waals surface area contributed by atoms with Crippen molar-refractivity contribution in [2.75, 3.05) is 29.1 Å². The molecule has 0 saturated heterocycles. The number of nitrogens with zero attached hydrogens (tertiary/aromatic N) is 3. The molecule has 0 aliphatic heterocycles. The molecule has 4 aromatic rings. The van der Waals surface area contributed by atoms with Crippen molar-refractivity contribution in [3.05, 3.63) is 94.0 Å². The van der Waals surface area contributed by atoms with E-state index in [2.05, 4.69) is 41.5 Å². The van der Waals surface area contributed by atoms with Gasteiger partial charge in [0.25, 0.3) is 5.91 Å². The van der Waals surface area contributed by atoms with Crippen LogP contribution in [0.25, 0.3) is 0 Å². The van der Waals surface area contributed by atoms with Gasteiger partial charge in [-0.25, -0.2) is 0 Å². The van der Waals surface area contributed by atoms with Crippen LogP contribution in [0.15, 0.2) is 72.8 Å². The molecule has 1 aliphatic rings. The summed E-state index contributed by atoms with van der Waals surface area (Å²) in [4.78, 5) is 61.6. The average molecular weight is 766 g/mol. The largest absolute Gasteiger partial charge is 0.454 e. The van der Waals surface area contributed by atoms with Crippen molar-refractivity contribution in [2.45, 2.75) is 30.6 Å². The number of carbonyl (C=O) groups is 4. The lowest BCUT2D eigenvalue weighted by atomic mass is 10.1. The Bertz CT molecular complexity index is 1930. The van der Waals surface area contributed by atoms with Crippen LogP contribution in [-0.4, -0.2) is 63.3 Å². The fourth-order valence-electron chi connectivity index (χ4n) is 4.57. The number of carbonyl (C=O) groups excluding carboxylic acids is 4. The van der Waals surface area contributed by atoms with Crippen LogP contribution in [0.2, 0.25) is 10.0 Å². The molecule has 13 nitrogen and oxygen atoms in total. The second-order valence-electron chi connectivity index (χ2n) is 11.1. The molecule has 1 fully saturated rings. The molecule has 0 unspecified atom stereocenters. The summed E-state index contributed by atoms with van der Waals surface area (Å²) in [6, 6.07) is 16.8. The highest BCUT2D eigenvalue weighted by atomic mass is 35.5. The Morgan fingerprint density at radius 2 is 1.53 bits per heavy atom. The Balaban J connectivity index is 1.22. The lowest BCUT2D eigenvalue weighted by Crippen LogP contribution is -2.49. The van der Waals surface area contributed by atoms with Crippen LogP contribution in [0.5, 0.6) is 6.01 Å². The van der Waals surface area contributed by atoms with E-state index in [1.165, 1.54) is 36.4 Å². The number of alkyl halides is 3. The van der Waals surface area contributed by atoms with E-state index in [1.54, 1.807) is 24.3 Å². The Labute approximate surface area is 302 Å². The lowest BCUT2D eigenvalue weighted by molar-refractivity contribution is -0.154. The summed E-state index contributed by atoms with van der Waals surface area (Å²) in [7, 11) is 0. The second-order valence-corrected chi connectivity index (χ2v) is 12.3. The van der Waals surface area contributed by atoms with Crippen molar-refractivity contribution in [3.63, 3.8) is 0 Å². The number of rotatable bonds is 13. The number of benzene rings is 3. The first-order valence-electron chi connectivity index (χ1n) is 14.9. The van der Waals surface area contributed by atoms with E-state index in [0.29, 0.717) is 28.6 Å². The van der Waals surface area contributed by atoms with Gasteiger partial charge in [0.2, 0.25) is 17.1 Å². The fraction of sp³-hybridized carbons (Fsp3) is 0.219. The molecule has 3 amide bonds. The highest BCUT2D eigenvalue weighted by molar-refractivity contribution is 6.65. The van der Waals surface area contributed by atoms with Crippen LogP contribution in [0.4, 0.5) is 36.4 Å². The normalized spacial score (nSPS) is 13.7. The second kappa shape index (κ2) is 15.8. The summed E-state index contributed by atoms with van der Waals surface area (Å²) in [5, 5.41) is 12.8. The van der Waals surface area contributed by atoms with Gasteiger partial charge in [-0.2, -0.15) is 28.1 Å². The van der Waals surface area contributed by atoms with Crippen molar-refractivity contribution < 1.29 is 37.1 Å². The molecular formula is C32H26Cl3F3N8O5. The molecule has 19 heteroatoms. The van der Waals surface area contributed by atoms with Crippen LogP contribution in [-0.2, 0) is 19.9 Å². The molecule has 51 heavy (non-hydrogen) atoms. The minimum absolute atomic E-state index is 0.0426. The summed E-state index contributed by atoms with van der Waals surface area (Å²) in [5.41, 5.74) is 0.982. The summed E-state index contributed by atoms with van der Waals surface area (Å²) >= 11 is 17.5. The van der Waals surface area contributed by atoms with Gasteiger partial charge in [-0.15, -0.1) is 0 Å². The Morgan fingerprint density at radius 1 is 0.843 bits per heavy atom. The Morgan fingerprint density at radius 3 is 2.16 bits per heavy atom. The Hall–Kier alpha value is -5.19. The molecule has 0 bridgehead atoms. The zero-order valence-electron chi connectivity index (χ0n) is 26.0. The molecule has 3 aromatic carbocycles. The third kappa shape index (κ3) is 10.7. The first-order chi connectivity index (χ1) is 24.2. The number of halogens is 6. The Kier molecular flexibility index (Phi) is 11.5. The molecule has 1 saturated carbocycles. The maximum absolute atomic E-state index is 12.9. The highest BCUT2D eigenvalue weighted by Crippen LogP contribution is 2.48. The van der Waals surface area contributed by atoms with E-state index >= 15 is 0 Å². The topological polar surface area (TPSA) is 176 Å². The van der Waals surface area contributed by atoms with Gasteiger partial charge >= 0.3 is 24.0 Å². The van der Waals surface area contributed by atoms with Crippen LogP contribution >= 0.6 is 34.8 Å². The molecular weight excluding hydrogens is 740 g/mol. The smallest absolute Gasteiger partial charge is 0.422 e. The fourth-order valence-corrected chi connectivity index (χ4v) is 5.01. The molecule has 1 atom stereocenters. The SMILES string of the molecule is O=C(NC[C@H](NC(=O)c1ccc(Nc2nc(NC3(c4ccc(Cl)cc4)CC3)nc(OCC(F)(F)F)n2)cc1)C(=O)Cl)C(=O)Nc1cccc(Cl)c1. The summed E-state index contributed by atoms with van der Waals surface area (Å²) in [6.07, 6.45) is -3.24. The first-order valence-corrected chi connectivity index (χ1v) is 16.0. The standard InChI is InChI=1S/C32H26Cl3F3N8O5/c33-19-8-6-18(7-9-19)31(12-13-31)46-29-43-28(44-30(45-29)51-16-32(36,37)38)41-21-10-4-17(5-11-21)25(48)42-23(24(35)47)15-39-26(49)27(50)40-22-3-1-2-20(34)14-22/h1-11,14,23H,12-13,15-16H2,(H,39,49)(H,40,50)(H,42,48)(H2,41,43,44,45,46)/t23-/m0/s1. The van der Waals surface area contributed by atoms with Gasteiger partial charge in [-0.1, -0.05) is 41.4 Å². The zero-order valence-corrected chi connectivity index (χ0v) is 28.3. The van der Waals surface area contributed by atoms with Crippen molar-refractivity contribution in [2.24, 2.45) is 0 Å². The predicted molar refractivity (Wildman–Crippen MR) is 182 cm³/mol. The quantitative estimate of drug-likeness (QED) is 0.0853. The van der Waals surface area contributed by atoms with E-state index in [1.807, 2.05) is 12.1 Å². The van der Waals surface area contributed by atoms with Crippen LogP contribution in [0, 0.1) is 0 Å². The lowest BCUT2D eigenvalue weighted by Gasteiger charge is -2.19. The minimum atomic E-state index is -4.64. The van der Waals surface area contributed by atoms with Gasteiger partial charge in [0.15, 0.2) is 6.61 Å². The number of aromatic nitrogens is 3. The van der Waals surface area contributed by atoms with E-state index < -0.39 is 59.9 Å². The average Bonchev–Trinajstić information content (AvgIpc) is 3.85. The van der Waals surface area contributed by atoms with E-state index in [4.69, 9.17) is 39.5 Å². The first kappa shape index (κ1) is 37.1. The zero-order chi connectivity index (χ0) is 36.8. The van der Waals surface area contributed by atoms with E-state index in [-0.39, 0.29) is 23.1 Å². The highest BCUT2D eigenvalue weighted by Gasteiger charge is 2.45. The number of amides is 3. The maximum Gasteiger partial charge on any atom is 0.422 e.